The van der Waals surface area contributed by atoms with Gasteiger partial charge >= 0.3 is 12.4 Å². The Kier molecular flexibility index (Phi) is 3.47. The Bertz CT molecular complexity index is 1480. The van der Waals surface area contributed by atoms with E-state index in [2.05, 4.69) is 0 Å². The van der Waals surface area contributed by atoms with E-state index >= 15 is 0 Å². The molecular formula is C22H8F6O2. The molecule has 0 fully saturated rings. The first-order chi connectivity index (χ1) is 14.0. The number of rotatable bonds is 0. The third kappa shape index (κ3) is 2.46. The number of fused-ring (bicyclic) bond motifs is 6. The van der Waals surface area contributed by atoms with Crippen molar-refractivity contribution < 1.29 is 26.3 Å². The Hall–Kier alpha value is -3.42. The monoisotopic (exact) mass is 418 g/mol. The predicted octanol–water partition coefficient (Wildman–Crippen LogP) is 5.93. The maximum Gasteiger partial charge on any atom is 0.416 e. The van der Waals surface area contributed by atoms with E-state index in [9.17, 15) is 35.9 Å². The highest BCUT2D eigenvalue weighted by atomic mass is 19.4. The minimum Gasteiger partial charge on any atom is -0.289 e. The zero-order valence-electron chi connectivity index (χ0n) is 14.7. The molecule has 0 N–H and O–H groups in total. The maximum absolute atomic E-state index is 13.0. The normalized spacial score (nSPS) is 13.3. The van der Waals surface area contributed by atoms with Gasteiger partial charge < -0.3 is 0 Å². The summed E-state index contributed by atoms with van der Waals surface area (Å²) in [5.41, 5.74) is -3.24. The Morgan fingerprint density at radius 3 is 1.13 bits per heavy atom. The maximum atomic E-state index is 13.0. The van der Waals surface area contributed by atoms with Crippen LogP contribution in [0.1, 0.15) is 11.1 Å². The van der Waals surface area contributed by atoms with Gasteiger partial charge in [-0.15, -0.1) is 0 Å². The fourth-order valence-corrected chi connectivity index (χ4v) is 4.00. The van der Waals surface area contributed by atoms with Gasteiger partial charge in [0.05, 0.1) is 11.1 Å². The van der Waals surface area contributed by atoms with E-state index in [1.165, 1.54) is 24.3 Å². The van der Waals surface area contributed by atoms with Gasteiger partial charge in [-0.05, 0) is 57.9 Å². The summed E-state index contributed by atoms with van der Waals surface area (Å²) in [5, 5.41) is 1.15. The fourth-order valence-electron chi connectivity index (χ4n) is 4.00. The summed E-state index contributed by atoms with van der Waals surface area (Å²) < 4.78 is 78.0. The third-order valence-corrected chi connectivity index (χ3v) is 5.41. The molecule has 150 valence electrons. The molecule has 0 heterocycles. The molecule has 0 saturated carbocycles. The average molecular weight is 418 g/mol. The van der Waals surface area contributed by atoms with Crippen molar-refractivity contribution in [1.82, 2.24) is 0 Å². The van der Waals surface area contributed by atoms with Crippen molar-refractivity contribution in [3.63, 3.8) is 0 Å². The van der Waals surface area contributed by atoms with Crippen molar-refractivity contribution in [2.75, 3.05) is 0 Å². The van der Waals surface area contributed by atoms with Gasteiger partial charge in [0.1, 0.15) is 0 Å². The van der Waals surface area contributed by atoms with E-state index in [0.717, 1.165) is 24.3 Å². The van der Waals surface area contributed by atoms with Gasteiger partial charge in [-0.3, -0.25) is 9.59 Å². The first kappa shape index (κ1) is 18.6. The first-order valence-corrected chi connectivity index (χ1v) is 8.67. The Morgan fingerprint density at radius 1 is 0.433 bits per heavy atom. The molecule has 0 amide bonds. The molecule has 5 rings (SSSR count). The summed E-state index contributed by atoms with van der Waals surface area (Å²) in [6, 6.07) is 8.40. The molecule has 5 aromatic rings. The number of halogens is 6. The van der Waals surface area contributed by atoms with Crippen LogP contribution in [-0.2, 0) is 12.4 Å². The number of hydrogen-bond donors (Lipinski definition) is 0. The number of benzene rings is 3. The standard InChI is InChI=1S/C22H8F6O2/c23-21(24,25)9-1-3-11-13-7-14-12-4-2-10(22(26,27)28)6-16(12)20(30)18(14)8-17(13)19(29)15(11)5-9/h1-8H. The lowest BCUT2D eigenvalue weighted by Crippen LogP contribution is -2.05. The molecular weight excluding hydrogens is 410 g/mol. The molecule has 30 heavy (non-hydrogen) atoms. The van der Waals surface area contributed by atoms with Gasteiger partial charge in [0.25, 0.3) is 0 Å². The van der Waals surface area contributed by atoms with Crippen LogP contribution < -0.4 is 10.9 Å². The highest BCUT2D eigenvalue weighted by Gasteiger charge is 2.32. The third-order valence-electron chi connectivity index (χ3n) is 5.41. The minimum atomic E-state index is -4.61. The molecule has 0 aromatic heterocycles. The van der Waals surface area contributed by atoms with Crippen LogP contribution in [0.4, 0.5) is 26.3 Å². The lowest BCUT2D eigenvalue weighted by atomic mass is 10.1. The van der Waals surface area contributed by atoms with Gasteiger partial charge in [0.15, 0.2) is 10.9 Å². The predicted molar refractivity (Wildman–Crippen MR) is 101 cm³/mol. The van der Waals surface area contributed by atoms with Crippen molar-refractivity contribution in [2.24, 2.45) is 0 Å². The number of alkyl halides is 6. The summed E-state index contributed by atoms with van der Waals surface area (Å²) in [7, 11) is 0. The van der Waals surface area contributed by atoms with E-state index in [0.29, 0.717) is 21.5 Å². The second-order valence-electron chi connectivity index (χ2n) is 7.12. The van der Waals surface area contributed by atoms with Crippen LogP contribution in [0, 0.1) is 0 Å². The largest absolute Gasteiger partial charge is 0.416 e. The summed E-state index contributed by atoms with van der Waals surface area (Å²) in [6.45, 7) is 0. The zero-order chi connectivity index (χ0) is 21.6. The lowest BCUT2D eigenvalue weighted by Gasteiger charge is -2.06. The van der Waals surface area contributed by atoms with Crippen molar-refractivity contribution in [3.8, 4) is 0 Å². The van der Waals surface area contributed by atoms with Crippen molar-refractivity contribution >= 4 is 43.1 Å². The van der Waals surface area contributed by atoms with E-state index in [4.69, 9.17) is 0 Å². The minimum absolute atomic E-state index is 0.0558. The van der Waals surface area contributed by atoms with Gasteiger partial charge in [0, 0.05) is 21.5 Å². The van der Waals surface area contributed by atoms with Crippen LogP contribution >= 0.6 is 0 Å². The Balaban J connectivity index is 1.89. The van der Waals surface area contributed by atoms with Crippen LogP contribution in [0.3, 0.4) is 0 Å². The smallest absolute Gasteiger partial charge is 0.289 e. The molecule has 0 unspecified atom stereocenters. The van der Waals surface area contributed by atoms with Crippen LogP contribution in [0.15, 0.2) is 58.1 Å². The topological polar surface area (TPSA) is 34.1 Å². The molecule has 5 aromatic carbocycles. The summed E-state index contributed by atoms with van der Waals surface area (Å²) in [5.74, 6) is 0. The molecule has 0 aliphatic carbocycles. The summed E-state index contributed by atoms with van der Waals surface area (Å²) in [4.78, 5) is 25.4. The van der Waals surface area contributed by atoms with Crippen molar-refractivity contribution in [3.05, 3.63) is 80.1 Å². The van der Waals surface area contributed by atoms with Gasteiger partial charge in [-0.2, -0.15) is 26.3 Å². The van der Waals surface area contributed by atoms with Crippen molar-refractivity contribution in [2.45, 2.75) is 12.4 Å². The van der Waals surface area contributed by atoms with Gasteiger partial charge in [-0.25, -0.2) is 0 Å². The van der Waals surface area contributed by atoms with Crippen LogP contribution in [-0.4, -0.2) is 0 Å². The molecule has 0 atom stereocenters. The summed E-state index contributed by atoms with van der Waals surface area (Å²) >= 11 is 0. The highest BCUT2D eigenvalue weighted by Crippen LogP contribution is 2.37. The number of hydrogen-bond acceptors (Lipinski definition) is 2. The summed E-state index contributed by atoms with van der Waals surface area (Å²) in [6.07, 6.45) is -9.23. The molecule has 0 bridgehead atoms. The van der Waals surface area contributed by atoms with Crippen LogP contribution in [0.2, 0.25) is 0 Å². The van der Waals surface area contributed by atoms with Gasteiger partial charge in [0.2, 0.25) is 0 Å². The Morgan fingerprint density at radius 2 is 0.767 bits per heavy atom. The highest BCUT2D eigenvalue weighted by molar-refractivity contribution is 6.21. The van der Waals surface area contributed by atoms with E-state index in [-0.39, 0.29) is 21.5 Å². The molecule has 8 heteroatoms. The molecule has 0 aliphatic heterocycles. The average Bonchev–Trinajstić information content (AvgIpc) is 3.11. The molecule has 0 saturated heterocycles. The first-order valence-electron chi connectivity index (χ1n) is 8.67. The van der Waals surface area contributed by atoms with E-state index in [1.807, 2.05) is 0 Å². The van der Waals surface area contributed by atoms with Crippen LogP contribution in [0.25, 0.3) is 43.1 Å². The van der Waals surface area contributed by atoms with Gasteiger partial charge in [-0.1, -0.05) is 12.1 Å². The Labute approximate surface area is 162 Å². The zero-order valence-corrected chi connectivity index (χ0v) is 14.7. The second-order valence-corrected chi connectivity index (χ2v) is 7.12. The second kappa shape index (κ2) is 5.59. The SMILES string of the molecule is O=c1c2cc(C(F)(F)F)ccc2c2cc3c(cc12)c(=O)c1cc(C(F)(F)F)ccc13. The molecule has 2 nitrogen and oxygen atoms in total. The quantitative estimate of drug-likeness (QED) is 0.292. The molecule has 0 spiro atoms. The molecule has 0 radical (unpaired) electrons. The fraction of sp³-hybridized carbons (Fsp3) is 0.0909. The van der Waals surface area contributed by atoms with E-state index < -0.39 is 34.3 Å². The van der Waals surface area contributed by atoms with Crippen molar-refractivity contribution in [1.29, 1.82) is 0 Å². The van der Waals surface area contributed by atoms with E-state index in [1.54, 1.807) is 0 Å². The van der Waals surface area contributed by atoms with Crippen LogP contribution in [0.5, 0.6) is 0 Å². The lowest BCUT2D eigenvalue weighted by molar-refractivity contribution is -0.138. The molecule has 0 aliphatic rings.